The molecule has 0 nitrogen and oxygen atoms in total. The van der Waals surface area contributed by atoms with Crippen LogP contribution in [0.15, 0.2) is 104 Å². The van der Waals surface area contributed by atoms with E-state index in [2.05, 4.69) is 99.0 Å². The van der Waals surface area contributed by atoms with Gasteiger partial charge in [0.2, 0.25) is 0 Å². The van der Waals surface area contributed by atoms with E-state index in [1.807, 2.05) is 13.8 Å². The normalized spacial score (nSPS) is 14.7. The summed E-state index contributed by atoms with van der Waals surface area (Å²) in [6, 6.07) is 26.8. The molecule has 0 saturated carbocycles. The van der Waals surface area contributed by atoms with Crippen LogP contribution >= 0.6 is 0 Å². The van der Waals surface area contributed by atoms with Crippen LogP contribution in [0, 0.1) is 0 Å². The first-order chi connectivity index (χ1) is 14.3. The SMILES string of the molecule is C.C/C=C1\CC2(c3ccccc31)c1ccccc1-c1ccccc12.C=CC=C.CC. The maximum atomic E-state index is 3.36. The highest BCUT2D eigenvalue weighted by Gasteiger charge is 2.49. The van der Waals surface area contributed by atoms with Crippen molar-refractivity contribution >= 4 is 5.57 Å². The van der Waals surface area contributed by atoms with E-state index in [0.717, 1.165) is 6.42 Å². The van der Waals surface area contributed by atoms with Crippen molar-refractivity contribution in [1.29, 1.82) is 0 Å². The molecule has 0 saturated heterocycles. The van der Waals surface area contributed by atoms with E-state index >= 15 is 0 Å². The molecule has 154 valence electrons. The lowest BCUT2D eigenvalue weighted by molar-refractivity contribution is 0.681. The van der Waals surface area contributed by atoms with Gasteiger partial charge in [0, 0.05) is 0 Å². The largest absolute Gasteiger partial charge is 0.0991 e. The molecule has 0 aliphatic heterocycles. The van der Waals surface area contributed by atoms with Crippen LogP contribution in [0.4, 0.5) is 0 Å². The summed E-state index contributed by atoms with van der Waals surface area (Å²) in [5.74, 6) is 0. The molecule has 0 fully saturated rings. The van der Waals surface area contributed by atoms with Gasteiger partial charge in [0.25, 0.3) is 0 Å². The molecule has 0 heterocycles. The molecule has 3 aromatic carbocycles. The van der Waals surface area contributed by atoms with E-state index in [4.69, 9.17) is 0 Å². The van der Waals surface area contributed by atoms with Gasteiger partial charge in [-0.3, -0.25) is 0 Å². The fourth-order valence-corrected chi connectivity index (χ4v) is 4.67. The highest BCUT2D eigenvalue weighted by Crippen LogP contribution is 2.60. The van der Waals surface area contributed by atoms with Crippen LogP contribution in [0.5, 0.6) is 0 Å². The van der Waals surface area contributed by atoms with Crippen LogP contribution < -0.4 is 0 Å². The Balaban J connectivity index is 0.000000414. The van der Waals surface area contributed by atoms with E-state index in [0.29, 0.717) is 0 Å². The minimum atomic E-state index is -0.00831. The van der Waals surface area contributed by atoms with Crippen molar-refractivity contribution in [3.05, 3.63) is 126 Å². The van der Waals surface area contributed by atoms with Crippen molar-refractivity contribution in [2.24, 2.45) is 0 Å². The summed E-state index contributed by atoms with van der Waals surface area (Å²) >= 11 is 0. The van der Waals surface area contributed by atoms with Crippen molar-refractivity contribution < 1.29 is 0 Å². The lowest BCUT2D eigenvalue weighted by atomic mass is 9.73. The van der Waals surface area contributed by atoms with Crippen molar-refractivity contribution in [2.45, 2.75) is 40.0 Å². The van der Waals surface area contributed by atoms with E-state index in [9.17, 15) is 0 Å². The van der Waals surface area contributed by atoms with Gasteiger partial charge in [0.05, 0.1) is 5.41 Å². The number of hydrogen-bond acceptors (Lipinski definition) is 0. The Bertz CT molecular complexity index is 997. The average molecular weight is 395 g/mol. The van der Waals surface area contributed by atoms with Crippen molar-refractivity contribution in [3.63, 3.8) is 0 Å². The quantitative estimate of drug-likeness (QED) is 0.362. The maximum absolute atomic E-state index is 3.36. The molecule has 3 aromatic rings. The second-order valence-corrected chi connectivity index (χ2v) is 7.00. The molecule has 0 unspecified atom stereocenters. The molecule has 2 aliphatic carbocycles. The molecular weight excluding hydrogens is 360 g/mol. The molecule has 0 N–H and O–H groups in total. The lowest BCUT2D eigenvalue weighted by Crippen LogP contribution is -2.23. The third-order valence-electron chi connectivity index (χ3n) is 5.77. The van der Waals surface area contributed by atoms with Crippen LogP contribution in [-0.4, -0.2) is 0 Å². The number of rotatable bonds is 1. The molecule has 0 radical (unpaired) electrons. The molecule has 0 aromatic heterocycles. The Labute approximate surface area is 183 Å². The maximum Gasteiger partial charge on any atom is 0.0509 e. The first-order valence-electron chi connectivity index (χ1n) is 10.5. The first-order valence-corrected chi connectivity index (χ1v) is 10.5. The highest BCUT2D eigenvalue weighted by atomic mass is 14.5. The third-order valence-corrected chi connectivity index (χ3v) is 5.77. The predicted octanol–water partition coefficient (Wildman–Crippen LogP) is 8.83. The van der Waals surface area contributed by atoms with Gasteiger partial charge >= 0.3 is 0 Å². The van der Waals surface area contributed by atoms with Crippen LogP contribution in [0.2, 0.25) is 0 Å². The summed E-state index contributed by atoms with van der Waals surface area (Å²) in [6.45, 7) is 12.9. The fraction of sp³-hybridized carbons (Fsp3) is 0.200. The number of benzene rings is 3. The van der Waals surface area contributed by atoms with Crippen molar-refractivity contribution in [1.82, 2.24) is 0 Å². The minimum Gasteiger partial charge on any atom is -0.0991 e. The first kappa shape index (κ1) is 23.2. The number of allylic oxidation sites excluding steroid dienone is 4. The van der Waals surface area contributed by atoms with Crippen LogP contribution in [0.25, 0.3) is 16.7 Å². The van der Waals surface area contributed by atoms with E-state index in [1.165, 1.54) is 39.0 Å². The minimum absolute atomic E-state index is 0. The zero-order valence-electron chi connectivity index (χ0n) is 17.8. The second-order valence-electron chi connectivity index (χ2n) is 7.00. The Morgan fingerprint density at radius 3 is 1.43 bits per heavy atom. The summed E-state index contributed by atoms with van der Waals surface area (Å²) in [5, 5.41) is 0. The third kappa shape index (κ3) is 3.48. The molecule has 30 heavy (non-hydrogen) atoms. The summed E-state index contributed by atoms with van der Waals surface area (Å²) in [6.07, 6.45) is 6.63. The molecule has 0 bridgehead atoms. The number of hydrogen-bond donors (Lipinski definition) is 0. The fourth-order valence-electron chi connectivity index (χ4n) is 4.67. The Kier molecular flexibility index (Phi) is 7.78. The summed E-state index contributed by atoms with van der Waals surface area (Å²) in [7, 11) is 0. The monoisotopic (exact) mass is 394 g/mol. The molecule has 1 spiro atoms. The van der Waals surface area contributed by atoms with Gasteiger partial charge in [-0.25, -0.2) is 0 Å². The Morgan fingerprint density at radius 1 is 0.667 bits per heavy atom. The second kappa shape index (κ2) is 10.1. The van der Waals surface area contributed by atoms with Gasteiger partial charge < -0.3 is 0 Å². The Morgan fingerprint density at radius 2 is 1.03 bits per heavy atom. The van der Waals surface area contributed by atoms with Crippen LogP contribution in [0.3, 0.4) is 0 Å². The molecule has 0 amide bonds. The molecule has 0 atom stereocenters. The molecule has 2 aliphatic rings. The zero-order chi connectivity index (χ0) is 20.9. The average Bonchev–Trinajstić information content (AvgIpc) is 3.30. The standard InChI is InChI=1S/C23H18.C4H6.C2H6.CH4/c1-2-16-15-23(20-12-6-3-9-17(16)20)21-13-7-4-10-18(21)19-11-5-8-14-22(19)23;1-3-4-2;1-2;/h2-14H,15H2,1H3;3-4H,1-2H2;1-2H3;1H4/b16-2+;;;. The molecule has 5 rings (SSSR count). The topological polar surface area (TPSA) is 0 Å². The van der Waals surface area contributed by atoms with Crippen LogP contribution in [-0.2, 0) is 5.41 Å². The summed E-state index contributed by atoms with van der Waals surface area (Å²) < 4.78 is 0. The summed E-state index contributed by atoms with van der Waals surface area (Å²) in [4.78, 5) is 0. The zero-order valence-corrected chi connectivity index (χ0v) is 17.8. The van der Waals surface area contributed by atoms with E-state index in [1.54, 1.807) is 12.2 Å². The highest BCUT2D eigenvalue weighted by molar-refractivity contribution is 5.90. The van der Waals surface area contributed by atoms with Gasteiger partial charge in [-0.05, 0) is 52.3 Å². The van der Waals surface area contributed by atoms with Crippen molar-refractivity contribution in [2.75, 3.05) is 0 Å². The molecule has 0 heteroatoms. The predicted molar refractivity (Wildman–Crippen MR) is 135 cm³/mol. The number of fused-ring (bicyclic) bond motifs is 7. The van der Waals surface area contributed by atoms with E-state index < -0.39 is 0 Å². The molecular formula is C30H34. The van der Waals surface area contributed by atoms with Crippen molar-refractivity contribution in [3.8, 4) is 11.1 Å². The van der Waals surface area contributed by atoms with Gasteiger partial charge in [0.1, 0.15) is 0 Å². The smallest absolute Gasteiger partial charge is 0.0509 e. The van der Waals surface area contributed by atoms with Gasteiger partial charge in [0.15, 0.2) is 0 Å². The Hall–Kier alpha value is -3.12. The van der Waals surface area contributed by atoms with Gasteiger partial charge in [-0.2, -0.15) is 0 Å². The summed E-state index contributed by atoms with van der Waals surface area (Å²) in [5.41, 5.74) is 10.1. The van der Waals surface area contributed by atoms with Gasteiger partial charge in [-0.15, -0.1) is 0 Å². The van der Waals surface area contributed by atoms with Crippen LogP contribution in [0.1, 0.15) is 56.9 Å². The lowest BCUT2D eigenvalue weighted by Gasteiger charge is -2.28. The van der Waals surface area contributed by atoms with E-state index in [-0.39, 0.29) is 12.8 Å². The van der Waals surface area contributed by atoms with Gasteiger partial charge in [-0.1, -0.05) is 125 Å².